The summed E-state index contributed by atoms with van der Waals surface area (Å²) in [7, 11) is 0. The highest BCUT2D eigenvalue weighted by Gasteiger charge is 2.19. The van der Waals surface area contributed by atoms with Crippen LogP contribution in [0, 0.1) is 13.8 Å². The number of aromatic nitrogens is 4. The van der Waals surface area contributed by atoms with Crippen LogP contribution in [0.25, 0.3) is 5.78 Å². The van der Waals surface area contributed by atoms with Crippen molar-refractivity contribution >= 4 is 23.5 Å². The first-order valence-electron chi connectivity index (χ1n) is 7.88. The third-order valence-electron chi connectivity index (χ3n) is 3.72. The highest BCUT2D eigenvalue weighted by molar-refractivity contribution is 5.88. The zero-order valence-corrected chi connectivity index (χ0v) is 14.4. The molecule has 0 saturated heterocycles. The second-order valence-corrected chi connectivity index (χ2v) is 5.70. The van der Waals surface area contributed by atoms with E-state index in [4.69, 9.17) is 5.73 Å². The average molecular weight is 333 g/mol. The van der Waals surface area contributed by atoms with Gasteiger partial charge in [-0.3, -0.25) is 9.59 Å². The molecule has 2 aromatic heterocycles. The second-order valence-electron chi connectivity index (χ2n) is 5.70. The van der Waals surface area contributed by atoms with Gasteiger partial charge in [0.05, 0.1) is 6.42 Å². The maximum Gasteiger partial charge on any atom is 0.254 e. The summed E-state index contributed by atoms with van der Waals surface area (Å²) in [6.07, 6.45) is 0.948. The Bertz CT molecular complexity index is 769. The van der Waals surface area contributed by atoms with Gasteiger partial charge in [-0.25, -0.2) is 4.98 Å². The van der Waals surface area contributed by atoms with Crippen LogP contribution in [-0.4, -0.2) is 44.0 Å². The van der Waals surface area contributed by atoms with E-state index in [2.05, 4.69) is 25.7 Å². The van der Waals surface area contributed by atoms with Gasteiger partial charge < -0.3 is 16.4 Å². The molecule has 2 heterocycles. The maximum absolute atomic E-state index is 12.3. The first-order chi connectivity index (χ1) is 11.3. The molecule has 9 nitrogen and oxygen atoms in total. The summed E-state index contributed by atoms with van der Waals surface area (Å²) in [6, 6.07) is -0.594. The number of carbonyl (C=O) groups excluding carboxylic acids is 2. The SMILES string of the molecule is CCCNC(=O)[C@@H](C)NC(=O)Cc1c(C)nc2nc(N)nn2c1C. The number of carbonyl (C=O) groups is 2. The van der Waals surface area contributed by atoms with Crippen molar-refractivity contribution in [2.24, 2.45) is 0 Å². The summed E-state index contributed by atoms with van der Waals surface area (Å²) < 4.78 is 1.52. The molecule has 2 amide bonds. The van der Waals surface area contributed by atoms with E-state index in [1.165, 1.54) is 4.52 Å². The van der Waals surface area contributed by atoms with E-state index in [1.807, 2.05) is 13.8 Å². The minimum absolute atomic E-state index is 0.103. The second kappa shape index (κ2) is 7.24. The fourth-order valence-electron chi connectivity index (χ4n) is 2.40. The number of amides is 2. The Kier molecular flexibility index (Phi) is 5.32. The Hall–Kier alpha value is -2.71. The van der Waals surface area contributed by atoms with Crippen LogP contribution in [0.3, 0.4) is 0 Å². The molecule has 2 rings (SSSR count). The molecular formula is C15H23N7O2. The number of nitrogen functional groups attached to an aromatic ring is 1. The third-order valence-corrected chi connectivity index (χ3v) is 3.72. The topological polar surface area (TPSA) is 127 Å². The van der Waals surface area contributed by atoms with Crippen LogP contribution in [0.2, 0.25) is 0 Å². The van der Waals surface area contributed by atoms with Crippen LogP contribution >= 0.6 is 0 Å². The lowest BCUT2D eigenvalue weighted by molar-refractivity contribution is -0.128. The molecule has 0 bridgehead atoms. The number of hydrogen-bond acceptors (Lipinski definition) is 6. The van der Waals surface area contributed by atoms with Gasteiger partial charge in [0.15, 0.2) is 0 Å². The lowest BCUT2D eigenvalue weighted by Crippen LogP contribution is -2.45. The molecular weight excluding hydrogens is 310 g/mol. The molecule has 0 aromatic carbocycles. The quantitative estimate of drug-likeness (QED) is 0.677. The summed E-state index contributed by atoms with van der Waals surface area (Å²) in [4.78, 5) is 32.4. The standard InChI is InChI=1S/C15H23N7O2/c1-5-6-17-13(24)9(3)18-12(23)7-11-8(2)19-15-20-14(16)21-22(15)10(11)4/h9H,5-7H2,1-4H3,(H2,16,21)(H,17,24)(H,18,23)/t9-/m1/s1. The van der Waals surface area contributed by atoms with E-state index in [9.17, 15) is 9.59 Å². The van der Waals surface area contributed by atoms with Crippen molar-refractivity contribution in [1.82, 2.24) is 30.2 Å². The van der Waals surface area contributed by atoms with Crippen molar-refractivity contribution in [1.29, 1.82) is 0 Å². The number of nitrogens with zero attached hydrogens (tertiary/aromatic N) is 4. The largest absolute Gasteiger partial charge is 0.366 e. The van der Waals surface area contributed by atoms with Crippen LogP contribution in [-0.2, 0) is 16.0 Å². The van der Waals surface area contributed by atoms with Crippen molar-refractivity contribution in [3.8, 4) is 0 Å². The summed E-state index contributed by atoms with van der Waals surface area (Å²) in [5.41, 5.74) is 7.77. The molecule has 0 spiro atoms. The highest BCUT2D eigenvalue weighted by Crippen LogP contribution is 2.14. The molecule has 4 N–H and O–H groups in total. The average Bonchev–Trinajstić information content (AvgIpc) is 2.89. The summed E-state index contributed by atoms with van der Waals surface area (Å²) in [5, 5.41) is 9.51. The normalized spacial score (nSPS) is 12.2. The summed E-state index contributed by atoms with van der Waals surface area (Å²) in [6.45, 7) is 7.84. The Labute approximate surface area is 140 Å². The molecule has 0 aliphatic heterocycles. The molecule has 24 heavy (non-hydrogen) atoms. The van der Waals surface area contributed by atoms with Crippen molar-refractivity contribution in [3.05, 3.63) is 17.0 Å². The molecule has 0 radical (unpaired) electrons. The lowest BCUT2D eigenvalue weighted by Gasteiger charge is -2.15. The number of rotatable bonds is 6. The van der Waals surface area contributed by atoms with Gasteiger partial charge in [-0.05, 0) is 27.2 Å². The van der Waals surface area contributed by atoms with E-state index >= 15 is 0 Å². The summed E-state index contributed by atoms with van der Waals surface area (Å²) >= 11 is 0. The van der Waals surface area contributed by atoms with Crippen molar-refractivity contribution in [2.75, 3.05) is 12.3 Å². The van der Waals surface area contributed by atoms with E-state index in [0.29, 0.717) is 18.0 Å². The van der Waals surface area contributed by atoms with E-state index in [1.54, 1.807) is 13.8 Å². The predicted octanol–water partition coefficient (Wildman–Crippen LogP) is -0.103. The van der Waals surface area contributed by atoms with Crippen LogP contribution in [0.15, 0.2) is 0 Å². The van der Waals surface area contributed by atoms with E-state index < -0.39 is 6.04 Å². The molecule has 9 heteroatoms. The smallest absolute Gasteiger partial charge is 0.254 e. The molecule has 1 atom stereocenters. The molecule has 0 unspecified atom stereocenters. The zero-order chi connectivity index (χ0) is 17.9. The molecule has 0 saturated carbocycles. The third kappa shape index (κ3) is 3.79. The Morgan fingerprint density at radius 2 is 2.00 bits per heavy atom. The van der Waals surface area contributed by atoms with Gasteiger partial charge in [0, 0.05) is 23.5 Å². The molecule has 0 aliphatic rings. The number of hydrogen-bond donors (Lipinski definition) is 3. The number of aryl methyl sites for hydroxylation is 2. The van der Waals surface area contributed by atoms with Crippen molar-refractivity contribution < 1.29 is 9.59 Å². The minimum atomic E-state index is -0.594. The summed E-state index contributed by atoms with van der Waals surface area (Å²) in [5.74, 6) is 0.0812. The van der Waals surface area contributed by atoms with Gasteiger partial charge >= 0.3 is 0 Å². The van der Waals surface area contributed by atoms with Gasteiger partial charge in [0.25, 0.3) is 5.78 Å². The number of nitrogens with one attached hydrogen (secondary N) is 2. The number of nitrogens with two attached hydrogens (primary N) is 1. The predicted molar refractivity (Wildman–Crippen MR) is 89.3 cm³/mol. The molecule has 130 valence electrons. The first-order valence-corrected chi connectivity index (χ1v) is 7.88. The van der Waals surface area contributed by atoms with Crippen molar-refractivity contribution in [3.63, 3.8) is 0 Å². The van der Waals surface area contributed by atoms with Crippen LogP contribution in [0.4, 0.5) is 5.95 Å². The Balaban J connectivity index is 2.11. The van der Waals surface area contributed by atoms with Gasteiger partial charge in [-0.1, -0.05) is 6.92 Å². The molecule has 0 aliphatic carbocycles. The van der Waals surface area contributed by atoms with Crippen LogP contribution in [0.1, 0.15) is 37.2 Å². The van der Waals surface area contributed by atoms with Gasteiger partial charge in [-0.15, -0.1) is 5.10 Å². The first kappa shape index (κ1) is 17.6. The van der Waals surface area contributed by atoms with Crippen LogP contribution in [0.5, 0.6) is 0 Å². The molecule has 2 aromatic rings. The fraction of sp³-hybridized carbons (Fsp3) is 0.533. The fourth-order valence-corrected chi connectivity index (χ4v) is 2.40. The van der Waals surface area contributed by atoms with Crippen LogP contribution < -0.4 is 16.4 Å². The Morgan fingerprint density at radius 1 is 1.29 bits per heavy atom. The van der Waals surface area contributed by atoms with Crippen molar-refractivity contribution in [2.45, 2.75) is 46.6 Å². The Morgan fingerprint density at radius 3 is 2.67 bits per heavy atom. The lowest BCUT2D eigenvalue weighted by atomic mass is 10.1. The zero-order valence-electron chi connectivity index (χ0n) is 14.4. The highest BCUT2D eigenvalue weighted by atomic mass is 16.2. The minimum Gasteiger partial charge on any atom is -0.366 e. The monoisotopic (exact) mass is 333 g/mol. The number of anilines is 1. The van der Waals surface area contributed by atoms with Gasteiger partial charge in [0.1, 0.15) is 6.04 Å². The van der Waals surface area contributed by atoms with Gasteiger partial charge in [-0.2, -0.15) is 9.50 Å². The van der Waals surface area contributed by atoms with Gasteiger partial charge in [0.2, 0.25) is 17.8 Å². The van der Waals surface area contributed by atoms with E-state index in [0.717, 1.165) is 17.7 Å². The number of fused-ring (bicyclic) bond motifs is 1. The van der Waals surface area contributed by atoms with E-state index in [-0.39, 0.29) is 24.2 Å². The molecule has 0 fully saturated rings. The maximum atomic E-state index is 12.3.